The second-order valence-corrected chi connectivity index (χ2v) is 3.46. The molecule has 3 nitrogen and oxygen atoms in total. The molecule has 64 valence electrons. The second-order valence-electron chi connectivity index (χ2n) is 3.46. The van der Waals surface area contributed by atoms with Crippen LogP contribution in [-0.2, 0) is 4.79 Å². The number of likely N-dealkylation sites (N-methyl/N-ethyl adjacent to an activating group) is 1. The largest absolute Gasteiger partial charge is 0.480 e. The fourth-order valence-electron chi connectivity index (χ4n) is 1.55. The third-order valence-corrected chi connectivity index (χ3v) is 2.42. The second kappa shape index (κ2) is 3.22. The average Bonchev–Trinajstić information content (AvgIpc) is 1.94. The van der Waals surface area contributed by atoms with Gasteiger partial charge in [-0.3, -0.25) is 9.69 Å². The number of carboxylic acid groups (broad SMARTS) is 1. The lowest BCUT2D eigenvalue weighted by molar-refractivity contribution is -0.144. The Morgan fingerprint density at radius 3 is 2.73 bits per heavy atom. The highest BCUT2D eigenvalue weighted by atomic mass is 16.4. The molecule has 0 aromatic rings. The van der Waals surface area contributed by atoms with Crippen LogP contribution in [-0.4, -0.2) is 35.6 Å². The van der Waals surface area contributed by atoms with Crippen LogP contribution in [0.4, 0.5) is 0 Å². The van der Waals surface area contributed by atoms with Gasteiger partial charge in [-0.2, -0.15) is 0 Å². The van der Waals surface area contributed by atoms with E-state index in [2.05, 4.69) is 6.92 Å². The van der Waals surface area contributed by atoms with E-state index in [9.17, 15) is 4.79 Å². The molecule has 0 spiro atoms. The van der Waals surface area contributed by atoms with E-state index < -0.39 is 5.97 Å². The zero-order chi connectivity index (χ0) is 8.43. The molecular formula is C8H15NO2. The Hall–Kier alpha value is -0.570. The van der Waals surface area contributed by atoms with E-state index in [1.807, 2.05) is 11.9 Å². The smallest absolute Gasteiger partial charge is 0.320 e. The van der Waals surface area contributed by atoms with Gasteiger partial charge in [0.1, 0.15) is 6.04 Å². The van der Waals surface area contributed by atoms with Crippen molar-refractivity contribution in [2.75, 3.05) is 13.6 Å². The summed E-state index contributed by atoms with van der Waals surface area (Å²) in [5.74, 6) is -0.119. The van der Waals surface area contributed by atoms with Gasteiger partial charge in [0.25, 0.3) is 0 Å². The Morgan fingerprint density at radius 2 is 2.27 bits per heavy atom. The van der Waals surface area contributed by atoms with Gasteiger partial charge < -0.3 is 5.11 Å². The molecule has 1 heterocycles. The molecule has 0 unspecified atom stereocenters. The number of rotatable bonds is 1. The van der Waals surface area contributed by atoms with Crippen molar-refractivity contribution >= 4 is 5.97 Å². The Balaban J connectivity index is 2.54. The summed E-state index contributed by atoms with van der Waals surface area (Å²) in [4.78, 5) is 12.6. The quantitative estimate of drug-likeness (QED) is 0.612. The Bertz CT molecular complexity index is 158. The predicted molar refractivity (Wildman–Crippen MR) is 42.5 cm³/mol. The maximum absolute atomic E-state index is 10.7. The molecule has 0 bridgehead atoms. The topological polar surface area (TPSA) is 40.5 Å². The van der Waals surface area contributed by atoms with Crippen molar-refractivity contribution in [3.8, 4) is 0 Å². The first kappa shape index (κ1) is 8.53. The molecule has 1 aliphatic heterocycles. The Kier molecular flexibility index (Phi) is 2.49. The highest BCUT2D eigenvalue weighted by molar-refractivity contribution is 5.73. The van der Waals surface area contributed by atoms with Gasteiger partial charge in [-0.1, -0.05) is 6.92 Å². The molecule has 1 rings (SSSR count). The lowest BCUT2D eigenvalue weighted by Crippen LogP contribution is -2.44. The van der Waals surface area contributed by atoms with Crippen molar-refractivity contribution in [3.63, 3.8) is 0 Å². The minimum Gasteiger partial charge on any atom is -0.480 e. The van der Waals surface area contributed by atoms with Crippen molar-refractivity contribution in [2.45, 2.75) is 25.8 Å². The van der Waals surface area contributed by atoms with Crippen LogP contribution < -0.4 is 0 Å². The van der Waals surface area contributed by atoms with Gasteiger partial charge in [-0.25, -0.2) is 0 Å². The SMILES string of the molecule is C[C@H]1CCN(C)[C@H](C(=O)O)C1. The number of piperidine rings is 1. The van der Waals surface area contributed by atoms with Gasteiger partial charge in [0.2, 0.25) is 0 Å². The fraction of sp³-hybridized carbons (Fsp3) is 0.875. The lowest BCUT2D eigenvalue weighted by atomic mass is 9.93. The van der Waals surface area contributed by atoms with E-state index in [0.717, 1.165) is 19.4 Å². The molecule has 1 fully saturated rings. The zero-order valence-electron chi connectivity index (χ0n) is 7.08. The van der Waals surface area contributed by atoms with Crippen LogP contribution in [0.15, 0.2) is 0 Å². The summed E-state index contributed by atoms with van der Waals surface area (Å²) in [6.45, 7) is 3.03. The van der Waals surface area contributed by atoms with E-state index in [1.54, 1.807) is 0 Å². The third-order valence-electron chi connectivity index (χ3n) is 2.42. The van der Waals surface area contributed by atoms with Crippen LogP contribution >= 0.6 is 0 Å². The van der Waals surface area contributed by atoms with Gasteiger partial charge in [0.05, 0.1) is 0 Å². The van der Waals surface area contributed by atoms with E-state index in [1.165, 1.54) is 0 Å². The number of hydrogen-bond acceptors (Lipinski definition) is 2. The minimum atomic E-state index is -0.681. The standard InChI is InChI=1S/C8H15NO2/c1-6-3-4-9(2)7(5-6)8(10)11/h6-7H,3-5H2,1-2H3,(H,10,11)/t6-,7-/m0/s1. The molecule has 0 saturated carbocycles. The third kappa shape index (κ3) is 1.93. The molecule has 1 saturated heterocycles. The lowest BCUT2D eigenvalue weighted by Gasteiger charge is -2.32. The number of carboxylic acids is 1. The summed E-state index contributed by atoms with van der Waals surface area (Å²) < 4.78 is 0. The van der Waals surface area contributed by atoms with Crippen molar-refractivity contribution in [1.82, 2.24) is 4.90 Å². The number of nitrogens with zero attached hydrogens (tertiary/aromatic N) is 1. The number of likely N-dealkylation sites (tertiary alicyclic amines) is 1. The van der Waals surface area contributed by atoms with Gasteiger partial charge in [-0.15, -0.1) is 0 Å². The Labute approximate surface area is 67.0 Å². The van der Waals surface area contributed by atoms with Crippen LogP contribution in [0.3, 0.4) is 0 Å². The predicted octanol–water partition coefficient (Wildman–Crippen LogP) is 0.801. The molecule has 0 aromatic carbocycles. The van der Waals surface area contributed by atoms with E-state index in [4.69, 9.17) is 5.11 Å². The van der Waals surface area contributed by atoms with Crippen molar-refractivity contribution < 1.29 is 9.90 Å². The first-order valence-corrected chi connectivity index (χ1v) is 4.04. The first-order valence-electron chi connectivity index (χ1n) is 4.04. The average molecular weight is 157 g/mol. The summed E-state index contributed by atoms with van der Waals surface area (Å²) in [6, 6.07) is -0.251. The molecule has 0 aromatic heterocycles. The summed E-state index contributed by atoms with van der Waals surface area (Å²) in [5.41, 5.74) is 0. The van der Waals surface area contributed by atoms with Crippen LogP contribution in [0, 0.1) is 5.92 Å². The number of aliphatic carboxylic acids is 1. The summed E-state index contributed by atoms with van der Waals surface area (Å²) in [6.07, 6.45) is 1.92. The fourth-order valence-corrected chi connectivity index (χ4v) is 1.55. The molecule has 0 radical (unpaired) electrons. The molecule has 1 aliphatic rings. The minimum absolute atomic E-state index is 0.251. The molecule has 1 N–H and O–H groups in total. The molecule has 2 atom stereocenters. The maximum atomic E-state index is 10.7. The van der Waals surface area contributed by atoms with Gasteiger partial charge in [0, 0.05) is 0 Å². The molecule has 0 amide bonds. The summed E-state index contributed by atoms with van der Waals surface area (Å²) in [5, 5.41) is 8.78. The van der Waals surface area contributed by atoms with Crippen LogP contribution in [0.25, 0.3) is 0 Å². The van der Waals surface area contributed by atoms with Crippen LogP contribution in [0.1, 0.15) is 19.8 Å². The van der Waals surface area contributed by atoms with Crippen molar-refractivity contribution in [3.05, 3.63) is 0 Å². The molecular weight excluding hydrogens is 142 g/mol. The normalized spacial score (nSPS) is 33.6. The molecule has 0 aliphatic carbocycles. The Morgan fingerprint density at radius 1 is 1.64 bits per heavy atom. The van der Waals surface area contributed by atoms with E-state index >= 15 is 0 Å². The highest BCUT2D eigenvalue weighted by Crippen LogP contribution is 2.20. The zero-order valence-corrected chi connectivity index (χ0v) is 7.08. The van der Waals surface area contributed by atoms with Gasteiger partial charge in [-0.05, 0) is 32.4 Å². The maximum Gasteiger partial charge on any atom is 0.320 e. The van der Waals surface area contributed by atoms with Crippen molar-refractivity contribution in [2.24, 2.45) is 5.92 Å². The number of hydrogen-bond donors (Lipinski definition) is 1. The highest BCUT2D eigenvalue weighted by Gasteiger charge is 2.28. The van der Waals surface area contributed by atoms with Crippen LogP contribution in [0.2, 0.25) is 0 Å². The van der Waals surface area contributed by atoms with Gasteiger partial charge >= 0.3 is 5.97 Å². The summed E-state index contributed by atoms with van der Waals surface area (Å²) >= 11 is 0. The monoisotopic (exact) mass is 157 g/mol. The van der Waals surface area contributed by atoms with Crippen LogP contribution in [0.5, 0.6) is 0 Å². The summed E-state index contributed by atoms with van der Waals surface area (Å²) in [7, 11) is 1.88. The van der Waals surface area contributed by atoms with Crippen molar-refractivity contribution in [1.29, 1.82) is 0 Å². The molecule has 3 heteroatoms. The number of carbonyl (C=O) groups is 1. The first-order chi connectivity index (χ1) is 5.11. The molecule has 11 heavy (non-hydrogen) atoms. The van der Waals surface area contributed by atoms with Gasteiger partial charge in [0.15, 0.2) is 0 Å². The van der Waals surface area contributed by atoms with E-state index in [0.29, 0.717) is 5.92 Å². The van der Waals surface area contributed by atoms with E-state index in [-0.39, 0.29) is 6.04 Å².